The standard InChI is InChI=1S/C16H25N3/c1-12-6-8-19(9-7-12)11-14(3)18-16-5-4-13(2)10-15(16)17/h4-5,10,12,18H,3,6-9,11,17H2,1-2H3. The van der Waals surface area contributed by atoms with Crippen LogP contribution in [-0.4, -0.2) is 24.5 Å². The minimum Gasteiger partial charge on any atom is -0.397 e. The monoisotopic (exact) mass is 259 g/mol. The van der Waals surface area contributed by atoms with Crippen molar-refractivity contribution in [3.63, 3.8) is 0 Å². The number of piperidine rings is 1. The highest BCUT2D eigenvalue weighted by molar-refractivity contribution is 5.68. The molecule has 0 atom stereocenters. The highest BCUT2D eigenvalue weighted by atomic mass is 15.1. The van der Waals surface area contributed by atoms with Gasteiger partial charge in [0.1, 0.15) is 0 Å². The minimum atomic E-state index is 0.786. The molecule has 3 heteroatoms. The van der Waals surface area contributed by atoms with Gasteiger partial charge in [-0.05, 0) is 56.5 Å². The number of nitrogen functional groups attached to an aromatic ring is 1. The van der Waals surface area contributed by atoms with Crippen molar-refractivity contribution >= 4 is 11.4 Å². The second-order valence-electron chi connectivity index (χ2n) is 5.78. The summed E-state index contributed by atoms with van der Waals surface area (Å²) in [7, 11) is 0. The van der Waals surface area contributed by atoms with Gasteiger partial charge in [-0.3, -0.25) is 4.90 Å². The molecule has 1 aliphatic heterocycles. The van der Waals surface area contributed by atoms with E-state index in [1.807, 2.05) is 19.1 Å². The second-order valence-corrected chi connectivity index (χ2v) is 5.78. The van der Waals surface area contributed by atoms with E-state index >= 15 is 0 Å². The molecule has 1 aromatic carbocycles. The Balaban J connectivity index is 1.87. The number of benzene rings is 1. The van der Waals surface area contributed by atoms with E-state index in [2.05, 4.69) is 29.8 Å². The summed E-state index contributed by atoms with van der Waals surface area (Å²) in [6.07, 6.45) is 2.58. The van der Waals surface area contributed by atoms with E-state index in [0.717, 1.165) is 29.5 Å². The number of anilines is 2. The first kappa shape index (κ1) is 13.9. The molecule has 0 aromatic heterocycles. The Hall–Kier alpha value is -1.48. The van der Waals surface area contributed by atoms with Gasteiger partial charge in [0.25, 0.3) is 0 Å². The highest BCUT2D eigenvalue weighted by Gasteiger charge is 2.16. The van der Waals surface area contributed by atoms with Gasteiger partial charge in [0.15, 0.2) is 0 Å². The first-order valence-electron chi connectivity index (χ1n) is 7.08. The fraction of sp³-hybridized carbons (Fsp3) is 0.500. The molecule has 0 spiro atoms. The molecule has 1 aliphatic rings. The molecule has 3 nitrogen and oxygen atoms in total. The molecule has 1 fully saturated rings. The van der Waals surface area contributed by atoms with Gasteiger partial charge in [-0.25, -0.2) is 0 Å². The first-order valence-corrected chi connectivity index (χ1v) is 7.08. The Labute approximate surface area is 116 Å². The van der Waals surface area contributed by atoms with Gasteiger partial charge in [-0.1, -0.05) is 19.6 Å². The predicted molar refractivity (Wildman–Crippen MR) is 83.2 cm³/mol. The number of likely N-dealkylation sites (tertiary alicyclic amines) is 1. The van der Waals surface area contributed by atoms with Crippen molar-refractivity contribution in [1.82, 2.24) is 4.90 Å². The van der Waals surface area contributed by atoms with E-state index in [-0.39, 0.29) is 0 Å². The van der Waals surface area contributed by atoms with E-state index in [1.165, 1.54) is 31.5 Å². The van der Waals surface area contributed by atoms with Gasteiger partial charge in [0.2, 0.25) is 0 Å². The Morgan fingerprint density at radius 3 is 2.74 bits per heavy atom. The smallest absolute Gasteiger partial charge is 0.0615 e. The summed E-state index contributed by atoms with van der Waals surface area (Å²) in [5, 5.41) is 3.33. The van der Waals surface area contributed by atoms with Crippen molar-refractivity contribution in [2.45, 2.75) is 26.7 Å². The number of hydrogen-bond donors (Lipinski definition) is 2. The third-order valence-corrected chi connectivity index (χ3v) is 3.81. The molecular formula is C16H25N3. The summed E-state index contributed by atoms with van der Waals surface area (Å²) in [5.41, 5.74) is 9.95. The summed E-state index contributed by atoms with van der Waals surface area (Å²) in [6, 6.07) is 6.07. The number of hydrogen-bond acceptors (Lipinski definition) is 3. The molecule has 3 N–H and O–H groups in total. The Morgan fingerprint density at radius 1 is 1.42 bits per heavy atom. The molecule has 0 radical (unpaired) electrons. The SMILES string of the molecule is C=C(CN1CCC(C)CC1)Nc1ccc(C)cc1N. The quantitative estimate of drug-likeness (QED) is 0.816. The van der Waals surface area contributed by atoms with E-state index in [1.54, 1.807) is 0 Å². The van der Waals surface area contributed by atoms with E-state index in [9.17, 15) is 0 Å². The molecule has 1 heterocycles. The van der Waals surface area contributed by atoms with Gasteiger partial charge in [-0.15, -0.1) is 0 Å². The van der Waals surface area contributed by atoms with Crippen LogP contribution in [0.2, 0.25) is 0 Å². The van der Waals surface area contributed by atoms with E-state index < -0.39 is 0 Å². The Morgan fingerprint density at radius 2 is 2.11 bits per heavy atom. The molecule has 0 amide bonds. The van der Waals surface area contributed by atoms with Crippen LogP contribution in [0.4, 0.5) is 11.4 Å². The molecule has 19 heavy (non-hydrogen) atoms. The molecule has 0 bridgehead atoms. The summed E-state index contributed by atoms with van der Waals surface area (Å²) < 4.78 is 0. The Bertz CT molecular complexity index is 445. The van der Waals surface area contributed by atoms with Crippen LogP contribution in [-0.2, 0) is 0 Å². The van der Waals surface area contributed by atoms with Crippen LogP contribution in [0.25, 0.3) is 0 Å². The maximum Gasteiger partial charge on any atom is 0.0615 e. The second kappa shape index (κ2) is 6.11. The molecule has 2 rings (SSSR count). The number of rotatable bonds is 4. The van der Waals surface area contributed by atoms with Gasteiger partial charge >= 0.3 is 0 Å². The first-order chi connectivity index (χ1) is 9.04. The lowest BCUT2D eigenvalue weighted by Gasteiger charge is -2.30. The summed E-state index contributed by atoms with van der Waals surface area (Å²) in [4.78, 5) is 2.46. The van der Waals surface area contributed by atoms with Gasteiger partial charge in [0.05, 0.1) is 11.4 Å². The van der Waals surface area contributed by atoms with Crippen LogP contribution in [0.15, 0.2) is 30.5 Å². The summed E-state index contributed by atoms with van der Waals surface area (Å²) in [5.74, 6) is 0.866. The molecule has 1 saturated heterocycles. The van der Waals surface area contributed by atoms with Crippen molar-refractivity contribution in [2.75, 3.05) is 30.7 Å². The van der Waals surface area contributed by atoms with Crippen molar-refractivity contribution in [1.29, 1.82) is 0 Å². The van der Waals surface area contributed by atoms with Gasteiger partial charge in [-0.2, -0.15) is 0 Å². The zero-order valence-corrected chi connectivity index (χ0v) is 12.1. The molecule has 0 saturated carbocycles. The van der Waals surface area contributed by atoms with Crippen LogP contribution in [0.5, 0.6) is 0 Å². The molecular weight excluding hydrogens is 234 g/mol. The maximum atomic E-state index is 6.00. The zero-order chi connectivity index (χ0) is 13.8. The van der Waals surface area contributed by atoms with E-state index in [0.29, 0.717) is 0 Å². The topological polar surface area (TPSA) is 41.3 Å². The molecule has 1 aromatic rings. The molecule has 0 unspecified atom stereocenters. The fourth-order valence-electron chi connectivity index (χ4n) is 2.52. The maximum absolute atomic E-state index is 6.00. The highest BCUT2D eigenvalue weighted by Crippen LogP contribution is 2.22. The lowest BCUT2D eigenvalue weighted by Crippen LogP contribution is -2.35. The number of nitrogens with two attached hydrogens (primary N) is 1. The third kappa shape index (κ3) is 4.00. The van der Waals surface area contributed by atoms with Crippen LogP contribution >= 0.6 is 0 Å². The van der Waals surface area contributed by atoms with Gasteiger partial charge in [0, 0.05) is 12.2 Å². The van der Waals surface area contributed by atoms with Crippen molar-refractivity contribution in [3.05, 3.63) is 36.0 Å². The average molecular weight is 259 g/mol. The van der Waals surface area contributed by atoms with Crippen molar-refractivity contribution < 1.29 is 0 Å². The minimum absolute atomic E-state index is 0.786. The van der Waals surface area contributed by atoms with Crippen LogP contribution in [0.3, 0.4) is 0 Å². The number of nitrogens with zero attached hydrogens (tertiary/aromatic N) is 1. The third-order valence-electron chi connectivity index (χ3n) is 3.81. The van der Waals surface area contributed by atoms with Crippen molar-refractivity contribution in [3.8, 4) is 0 Å². The summed E-state index contributed by atoms with van der Waals surface area (Å²) in [6.45, 7) is 11.7. The largest absolute Gasteiger partial charge is 0.397 e. The number of aryl methyl sites for hydroxylation is 1. The van der Waals surface area contributed by atoms with Crippen LogP contribution < -0.4 is 11.1 Å². The average Bonchev–Trinajstić information content (AvgIpc) is 2.36. The number of nitrogens with one attached hydrogen (secondary N) is 1. The van der Waals surface area contributed by atoms with Gasteiger partial charge < -0.3 is 11.1 Å². The zero-order valence-electron chi connectivity index (χ0n) is 12.1. The lowest BCUT2D eigenvalue weighted by molar-refractivity contribution is 0.207. The fourth-order valence-corrected chi connectivity index (χ4v) is 2.52. The lowest BCUT2D eigenvalue weighted by atomic mass is 9.99. The van der Waals surface area contributed by atoms with Crippen molar-refractivity contribution in [2.24, 2.45) is 5.92 Å². The van der Waals surface area contributed by atoms with E-state index in [4.69, 9.17) is 5.73 Å². The predicted octanol–water partition coefficient (Wildman–Crippen LogP) is 3.23. The molecule has 104 valence electrons. The summed E-state index contributed by atoms with van der Waals surface area (Å²) >= 11 is 0. The Kier molecular flexibility index (Phi) is 4.48. The molecule has 0 aliphatic carbocycles. The van der Waals surface area contributed by atoms with Crippen LogP contribution in [0, 0.1) is 12.8 Å². The normalized spacial score (nSPS) is 17.4. The van der Waals surface area contributed by atoms with Crippen LogP contribution in [0.1, 0.15) is 25.3 Å².